The summed E-state index contributed by atoms with van der Waals surface area (Å²) in [6.07, 6.45) is 7.89. The van der Waals surface area contributed by atoms with E-state index in [1.54, 1.807) is 5.57 Å². The molecule has 3 heteroatoms. The van der Waals surface area contributed by atoms with Crippen molar-refractivity contribution in [3.05, 3.63) is 11.6 Å². The normalized spacial score (nSPS) is 40.2. The molecule has 3 aliphatic carbocycles. The Kier molecular flexibility index (Phi) is 3.52. The van der Waals surface area contributed by atoms with E-state index in [9.17, 15) is 4.79 Å². The molecule has 1 saturated heterocycles. The van der Waals surface area contributed by atoms with Crippen LogP contribution >= 0.6 is 0 Å². The van der Waals surface area contributed by atoms with E-state index in [1.165, 1.54) is 12.8 Å². The molecule has 1 heterocycles. The molecule has 0 aromatic carbocycles. The van der Waals surface area contributed by atoms with Crippen LogP contribution in [-0.2, 0) is 14.3 Å². The van der Waals surface area contributed by atoms with Crippen molar-refractivity contribution in [3.63, 3.8) is 0 Å². The van der Waals surface area contributed by atoms with Gasteiger partial charge < -0.3 is 14.3 Å². The molecule has 4 rings (SSSR count). The van der Waals surface area contributed by atoms with E-state index >= 15 is 0 Å². The number of fused-ring (bicyclic) bond motifs is 1. The van der Waals surface area contributed by atoms with Crippen LogP contribution in [0.25, 0.3) is 0 Å². The zero-order chi connectivity index (χ0) is 13.5. The maximum absolute atomic E-state index is 10.6. The number of hydrogen-bond donors (Lipinski definition) is 0. The smallest absolute Gasteiger partial charge is 0.157 e. The van der Waals surface area contributed by atoms with Crippen LogP contribution in [0.5, 0.6) is 0 Å². The number of rotatable bonds is 4. The van der Waals surface area contributed by atoms with Gasteiger partial charge in [-0.1, -0.05) is 25.5 Å². The molecule has 1 aliphatic heterocycles. The molecule has 0 spiro atoms. The predicted molar refractivity (Wildman–Crippen MR) is 72.6 cm³/mol. The molecular formula is C16H24O3. The topological polar surface area (TPSA) is 35.5 Å². The van der Waals surface area contributed by atoms with Gasteiger partial charge in [-0.15, -0.1) is 0 Å². The van der Waals surface area contributed by atoms with Crippen LogP contribution in [0.4, 0.5) is 0 Å². The summed E-state index contributed by atoms with van der Waals surface area (Å²) in [5.41, 5.74) is 2.11. The Morgan fingerprint density at radius 2 is 2.11 bits per heavy atom. The second-order valence-corrected chi connectivity index (χ2v) is 6.85. The van der Waals surface area contributed by atoms with Crippen molar-refractivity contribution in [2.24, 2.45) is 23.2 Å². The highest BCUT2D eigenvalue weighted by atomic mass is 16.7. The Bertz CT molecular complexity index is 377. The second-order valence-electron chi connectivity index (χ2n) is 6.85. The minimum atomic E-state index is -0.113. The van der Waals surface area contributed by atoms with Crippen LogP contribution in [0.3, 0.4) is 0 Å². The SMILES string of the molecule is CC1(C)C2CC=C(CCC3OCC(C=O)CO3)C1C2. The third kappa shape index (κ3) is 2.38. The maximum atomic E-state index is 10.6. The second kappa shape index (κ2) is 5.02. The summed E-state index contributed by atoms with van der Waals surface area (Å²) in [5.74, 6) is 1.60. The largest absolute Gasteiger partial charge is 0.352 e. The maximum Gasteiger partial charge on any atom is 0.157 e. The zero-order valence-electron chi connectivity index (χ0n) is 11.9. The van der Waals surface area contributed by atoms with Gasteiger partial charge >= 0.3 is 0 Å². The fraction of sp³-hybridized carbons (Fsp3) is 0.812. The third-order valence-electron chi connectivity index (χ3n) is 5.44. The molecule has 0 N–H and O–H groups in total. The van der Waals surface area contributed by atoms with Gasteiger partial charge in [0.1, 0.15) is 6.29 Å². The van der Waals surface area contributed by atoms with Crippen molar-refractivity contribution in [1.29, 1.82) is 0 Å². The standard InChI is InChI=1S/C16H24O3/c1-16(2)13-5-3-12(14(16)7-13)4-6-15-18-9-11(8-17)10-19-15/h3,8,11,13-15H,4-7,9-10H2,1-2H3. The molecule has 106 valence electrons. The molecule has 1 saturated carbocycles. The van der Waals surface area contributed by atoms with Crippen LogP contribution in [0, 0.1) is 23.2 Å². The van der Waals surface area contributed by atoms with Crippen molar-refractivity contribution >= 4 is 6.29 Å². The van der Waals surface area contributed by atoms with Gasteiger partial charge in [0.2, 0.25) is 0 Å². The van der Waals surface area contributed by atoms with Crippen molar-refractivity contribution in [2.45, 2.75) is 45.8 Å². The van der Waals surface area contributed by atoms with Crippen molar-refractivity contribution in [3.8, 4) is 0 Å². The lowest BCUT2D eigenvalue weighted by Gasteiger charge is -2.56. The number of allylic oxidation sites excluding steroid dienone is 2. The van der Waals surface area contributed by atoms with Gasteiger partial charge in [0, 0.05) is 6.42 Å². The number of carbonyl (C=O) groups is 1. The number of aldehydes is 1. The predicted octanol–water partition coefficient (Wildman–Crippen LogP) is 2.95. The molecule has 0 amide bonds. The average Bonchev–Trinajstić information content (AvgIpc) is 2.45. The van der Waals surface area contributed by atoms with Crippen molar-refractivity contribution in [2.75, 3.05) is 13.2 Å². The van der Waals surface area contributed by atoms with Crippen molar-refractivity contribution < 1.29 is 14.3 Å². The summed E-state index contributed by atoms with van der Waals surface area (Å²) in [4.78, 5) is 10.6. The average molecular weight is 264 g/mol. The Morgan fingerprint density at radius 1 is 1.37 bits per heavy atom. The first-order valence-electron chi connectivity index (χ1n) is 7.48. The molecule has 2 atom stereocenters. The quantitative estimate of drug-likeness (QED) is 0.578. The van der Waals surface area contributed by atoms with E-state index in [0.717, 1.165) is 31.0 Å². The van der Waals surface area contributed by atoms with E-state index in [2.05, 4.69) is 19.9 Å². The number of hydrogen-bond acceptors (Lipinski definition) is 3. The van der Waals surface area contributed by atoms with Crippen LogP contribution in [0.1, 0.15) is 39.5 Å². The Hall–Kier alpha value is -0.670. The summed E-state index contributed by atoms with van der Waals surface area (Å²) in [6.45, 7) is 5.84. The lowest BCUT2D eigenvalue weighted by atomic mass is 9.48. The molecule has 3 nitrogen and oxygen atoms in total. The molecule has 2 unspecified atom stereocenters. The first kappa shape index (κ1) is 13.3. The first-order chi connectivity index (χ1) is 9.11. The summed E-state index contributed by atoms with van der Waals surface area (Å²) in [6, 6.07) is 0. The van der Waals surface area contributed by atoms with E-state index < -0.39 is 0 Å². The molecule has 2 fully saturated rings. The lowest BCUT2D eigenvalue weighted by molar-refractivity contribution is -0.199. The molecule has 19 heavy (non-hydrogen) atoms. The van der Waals surface area contributed by atoms with Crippen LogP contribution in [0.2, 0.25) is 0 Å². The van der Waals surface area contributed by atoms with Gasteiger partial charge in [-0.05, 0) is 36.5 Å². The summed E-state index contributed by atoms with van der Waals surface area (Å²) >= 11 is 0. The fourth-order valence-corrected chi connectivity index (χ4v) is 3.85. The molecule has 0 radical (unpaired) electrons. The zero-order valence-corrected chi connectivity index (χ0v) is 11.9. The fourth-order valence-electron chi connectivity index (χ4n) is 3.85. The van der Waals surface area contributed by atoms with Crippen LogP contribution in [-0.4, -0.2) is 25.8 Å². The van der Waals surface area contributed by atoms with Gasteiger partial charge in [-0.3, -0.25) is 0 Å². The Morgan fingerprint density at radius 3 is 2.68 bits per heavy atom. The highest BCUT2D eigenvalue weighted by Gasteiger charge is 2.50. The van der Waals surface area contributed by atoms with Gasteiger partial charge in [-0.25, -0.2) is 0 Å². The molecule has 4 aliphatic rings. The van der Waals surface area contributed by atoms with E-state index in [0.29, 0.717) is 18.6 Å². The monoisotopic (exact) mass is 264 g/mol. The third-order valence-corrected chi connectivity index (χ3v) is 5.44. The summed E-state index contributed by atoms with van der Waals surface area (Å²) in [5, 5.41) is 0. The highest BCUT2D eigenvalue weighted by Crippen LogP contribution is 2.59. The van der Waals surface area contributed by atoms with Crippen molar-refractivity contribution in [1.82, 2.24) is 0 Å². The van der Waals surface area contributed by atoms with E-state index in [1.807, 2.05) is 0 Å². The number of carbonyl (C=O) groups excluding carboxylic acids is 1. The van der Waals surface area contributed by atoms with Gasteiger partial charge in [0.05, 0.1) is 19.1 Å². The van der Waals surface area contributed by atoms with E-state index in [-0.39, 0.29) is 12.2 Å². The van der Waals surface area contributed by atoms with Gasteiger partial charge in [0.25, 0.3) is 0 Å². The summed E-state index contributed by atoms with van der Waals surface area (Å²) in [7, 11) is 0. The highest BCUT2D eigenvalue weighted by molar-refractivity contribution is 5.53. The first-order valence-corrected chi connectivity index (χ1v) is 7.48. The Balaban J connectivity index is 1.48. The van der Waals surface area contributed by atoms with Gasteiger partial charge in [-0.2, -0.15) is 0 Å². The van der Waals surface area contributed by atoms with E-state index in [4.69, 9.17) is 9.47 Å². The Labute approximate surface area is 115 Å². The minimum Gasteiger partial charge on any atom is -0.352 e. The minimum absolute atomic E-state index is 0.0727. The molecule has 0 aromatic rings. The van der Waals surface area contributed by atoms with Gasteiger partial charge in [0.15, 0.2) is 6.29 Å². The van der Waals surface area contributed by atoms with Crippen LogP contribution in [0.15, 0.2) is 11.6 Å². The molecule has 2 bridgehead atoms. The number of ether oxygens (including phenoxy) is 2. The summed E-state index contributed by atoms with van der Waals surface area (Å²) < 4.78 is 11.2. The lowest BCUT2D eigenvalue weighted by Crippen LogP contribution is -2.48. The van der Waals surface area contributed by atoms with Crippen LogP contribution < -0.4 is 0 Å². The molecule has 0 aromatic heterocycles. The molecular weight excluding hydrogens is 240 g/mol.